The van der Waals surface area contributed by atoms with E-state index < -0.39 is 0 Å². The number of nitrogens with one attached hydrogen (secondary N) is 1. The molecule has 5 nitrogen and oxygen atoms in total. The number of ether oxygens (including phenoxy) is 1. The lowest BCUT2D eigenvalue weighted by Crippen LogP contribution is -2.25. The fourth-order valence-electron chi connectivity index (χ4n) is 2.33. The monoisotopic (exact) mass is 297 g/mol. The zero-order chi connectivity index (χ0) is 14.2. The van der Waals surface area contributed by atoms with Gasteiger partial charge in [0.25, 0.3) is 0 Å². The molecule has 1 amide bonds. The van der Waals surface area contributed by atoms with Gasteiger partial charge in [-0.15, -0.1) is 11.3 Å². The molecule has 1 aromatic heterocycles. The van der Waals surface area contributed by atoms with Crippen molar-refractivity contribution >= 4 is 22.4 Å². The van der Waals surface area contributed by atoms with E-state index in [1.54, 1.807) is 6.20 Å². The minimum absolute atomic E-state index is 0.0333. The zero-order valence-corrected chi connectivity index (χ0v) is 12.8. The van der Waals surface area contributed by atoms with Crippen LogP contribution in [0.15, 0.2) is 11.6 Å². The van der Waals surface area contributed by atoms with Crippen LogP contribution in [-0.4, -0.2) is 48.6 Å². The number of anilines is 1. The van der Waals surface area contributed by atoms with Crippen LogP contribution in [0.2, 0.25) is 0 Å². The third-order valence-electron chi connectivity index (χ3n) is 3.49. The van der Waals surface area contributed by atoms with Crippen molar-refractivity contribution in [3.63, 3.8) is 0 Å². The lowest BCUT2D eigenvalue weighted by Gasteiger charge is -2.17. The first kappa shape index (κ1) is 15.4. The average molecular weight is 297 g/mol. The van der Waals surface area contributed by atoms with Crippen molar-refractivity contribution in [1.82, 2.24) is 9.88 Å². The van der Waals surface area contributed by atoms with Crippen molar-refractivity contribution in [2.45, 2.75) is 38.2 Å². The summed E-state index contributed by atoms with van der Waals surface area (Å²) in [5.74, 6) is 0.0333. The molecule has 6 heteroatoms. The Kier molecular flexibility index (Phi) is 6.42. The van der Waals surface area contributed by atoms with Gasteiger partial charge >= 0.3 is 0 Å². The van der Waals surface area contributed by atoms with E-state index in [0.717, 1.165) is 32.5 Å². The second-order valence-corrected chi connectivity index (χ2v) is 6.11. The summed E-state index contributed by atoms with van der Waals surface area (Å²) >= 11 is 1.44. The van der Waals surface area contributed by atoms with E-state index in [1.165, 1.54) is 24.2 Å². The third kappa shape index (κ3) is 5.56. The molecular weight excluding hydrogens is 274 g/mol. The highest BCUT2D eigenvalue weighted by molar-refractivity contribution is 7.13. The Balaban J connectivity index is 1.52. The molecule has 0 spiro atoms. The fraction of sp³-hybridized carbons (Fsp3) is 0.714. The summed E-state index contributed by atoms with van der Waals surface area (Å²) in [7, 11) is 2.06. The first-order chi connectivity index (χ1) is 9.74. The molecule has 1 N–H and O–H groups in total. The standard InChI is InChI=1S/C14H23N3O2S/c1-17(8-2-4-12-5-3-10-19-12)9-6-13(18)16-14-15-7-11-20-14/h7,11-12H,2-6,8-10H2,1H3,(H,15,16,18)/t12-/m1/s1. The molecule has 1 fully saturated rings. The van der Waals surface area contributed by atoms with Gasteiger partial charge in [-0.3, -0.25) is 4.79 Å². The number of aromatic nitrogens is 1. The summed E-state index contributed by atoms with van der Waals surface area (Å²) < 4.78 is 5.60. The Morgan fingerprint density at radius 2 is 2.50 bits per heavy atom. The molecular formula is C14H23N3O2S. The van der Waals surface area contributed by atoms with Gasteiger partial charge in [0.15, 0.2) is 5.13 Å². The largest absolute Gasteiger partial charge is 0.378 e. The Bertz CT molecular complexity index is 391. The molecule has 0 aliphatic carbocycles. The summed E-state index contributed by atoms with van der Waals surface area (Å²) in [6.07, 6.45) is 7.35. The van der Waals surface area contributed by atoms with Crippen LogP contribution in [0.3, 0.4) is 0 Å². The number of carbonyl (C=O) groups excluding carboxylic acids is 1. The lowest BCUT2D eigenvalue weighted by molar-refractivity contribution is -0.116. The van der Waals surface area contributed by atoms with Gasteiger partial charge in [-0.2, -0.15) is 0 Å². The molecule has 2 heterocycles. The summed E-state index contributed by atoms with van der Waals surface area (Å²) in [5, 5.41) is 5.33. The second kappa shape index (κ2) is 8.34. The predicted octanol–water partition coefficient (Wildman–Crippen LogP) is 2.36. The number of amides is 1. The SMILES string of the molecule is CN(CCC[C@@H]1CCCO1)CCC(=O)Nc1nccs1. The maximum Gasteiger partial charge on any atom is 0.227 e. The van der Waals surface area contributed by atoms with Crippen molar-refractivity contribution in [3.05, 3.63) is 11.6 Å². The van der Waals surface area contributed by atoms with E-state index in [4.69, 9.17) is 4.74 Å². The van der Waals surface area contributed by atoms with Gasteiger partial charge in [0.2, 0.25) is 5.91 Å². The Hall–Kier alpha value is -0.980. The van der Waals surface area contributed by atoms with E-state index in [9.17, 15) is 4.79 Å². The van der Waals surface area contributed by atoms with Crippen LogP contribution in [0.4, 0.5) is 5.13 Å². The highest BCUT2D eigenvalue weighted by Crippen LogP contribution is 2.16. The maximum absolute atomic E-state index is 11.7. The third-order valence-corrected chi connectivity index (χ3v) is 4.18. The molecule has 0 bridgehead atoms. The molecule has 1 saturated heterocycles. The summed E-state index contributed by atoms with van der Waals surface area (Å²) in [6.45, 7) is 2.73. The molecule has 0 aromatic carbocycles. The number of rotatable bonds is 8. The van der Waals surface area contributed by atoms with Crippen LogP contribution in [0.1, 0.15) is 32.1 Å². The summed E-state index contributed by atoms with van der Waals surface area (Å²) in [4.78, 5) is 17.9. The van der Waals surface area contributed by atoms with E-state index in [1.807, 2.05) is 5.38 Å². The maximum atomic E-state index is 11.7. The van der Waals surface area contributed by atoms with Crippen LogP contribution in [-0.2, 0) is 9.53 Å². The van der Waals surface area contributed by atoms with Gasteiger partial charge in [-0.05, 0) is 39.3 Å². The van der Waals surface area contributed by atoms with Crippen molar-refractivity contribution < 1.29 is 9.53 Å². The quantitative estimate of drug-likeness (QED) is 0.800. The van der Waals surface area contributed by atoms with Crippen LogP contribution in [0.5, 0.6) is 0 Å². The smallest absolute Gasteiger partial charge is 0.227 e. The van der Waals surface area contributed by atoms with Gasteiger partial charge < -0.3 is 15.0 Å². The second-order valence-electron chi connectivity index (χ2n) is 5.22. The van der Waals surface area contributed by atoms with E-state index >= 15 is 0 Å². The first-order valence-electron chi connectivity index (χ1n) is 7.23. The molecule has 2 rings (SSSR count). The summed E-state index contributed by atoms with van der Waals surface area (Å²) in [5.41, 5.74) is 0. The topological polar surface area (TPSA) is 54.5 Å². The Labute approximate surface area is 124 Å². The number of thiazole rings is 1. The molecule has 1 aromatic rings. The molecule has 1 atom stereocenters. The normalized spacial score (nSPS) is 18.6. The number of carbonyl (C=O) groups is 1. The fourth-order valence-corrected chi connectivity index (χ4v) is 2.88. The lowest BCUT2D eigenvalue weighted by atomic mass is 10.1. The zero-order valence-electron chi connectivity index (χ0n) is 12.0. The minimum atomic E-state index is 0.0333. The Morgan fingerprint density at radius 3 is 3.20 bits per heavy atom. The number of hydrogen-bond donors (Lipinski definition) is 1. The van der Waals surface area contributed by atoms with Crippen molar-refractivity contribution in [3.8, 4) is 0 Å². The molecule has 112 valence electrons. The van der Waals surface area contributed by atoms with Gasteiger partial charge in [-0.1, -0.05) is 0 Å². The number of hydrogen-bond acceptors (Lipinski definition) is 5. The van der Waals surface area contributed by atoms with Crippen LogP contribution in [0.25, 0.3) is 0 Å². The van der Waals surface area contributed by atoms with Crippen molar-refractivity contribution in [1.29, 1.82) is 0 Å². The Morgan fingerprint density at radius 1 is 1.60 bits per heavy atom. The average Bonchev–Trinajstić information content (AvgIpc) is 3.09. The van der Waals surface area contributed by atoms with Crippen molar-refractivity contribution in [2.24, 2.45) is 0 Å². The van der Waals surface area contributed by atoms with Crippen LogP contribution >= 0.6 is 11.3 Å². The molecule has 20 heavy (non-hydrogen) atoms. The summed E-state index contributed by atoms with van der Waals surface area (Å²) in [6, 6.07) is 0. The van der Waals surface area contributed by atoms with E-state index in [0.29, 0.717) is 17.7 Å². The van der Waals surface area contributed by atoms with Crippen LogP contribution < -0.4 is 5.32 Å². The molecule has 0 saturated carbocycles. The van der Waals surface area contributed by atoms with Gasteiger partial charge in [0.05, 0.1) is 6.10 Å². The number of nitrogens with zero attached hydrogens (tertiary/aromatic N) is 2. The van der Waals surface area contributed by atoms with Gasteiger partial charge in [-0.25, -0.2) is 4.98 Å². The van der Waals surface area contributed by atoms with Gasteiger partial charge in [0.1, 0.15) is 0 Å². The van der Waals surface area contributed by atoms with Crippen LogP contribution in [0, 0.1) is 0 Å². The first-order valence-corrected chi connectivity index (χ1v) is 8.11. The molecule has 0 unspecified atom stereocenters. The highest BCUT2D eigenvalue weighted by atomic mass is 32.1. The predicted molar refractivity (Wildman–Crippen MR) is 81.1 cm³/mol. The highest BCUT2D eigenvalue weighted by Gasteiger charge is 2.15. The van der Waals surface area contributed by atoms with E-state index in [-0.39, 0.29) is 5.91 Å². The molecule has 1 aliphatic heterocycles. The van der Waals surface area contributed by atoms with Gasteiger partial charge in [0, 0.05) is 31.1 Å². The molecule has 0 radical (unpaired) electrons. The van der Waals surface area contributed by atoms with E-state index in [2.05, 4.69) is 22.2 Å². The minimum Gasteiger partial charge on any atom is -0.378 e. The molecule has 1 aliphatic rings. The van der Waals surface area contributed by atoms with Crippen molar-refractivity contribution in [2.75, 3.05) is 32.1 Å².